The van der Waals surface area contributed by atoms with Gasteiger partial charge in [-0.1, -0.05) is 30.3 Å². The van der Waals surface area contributed by atoms with Crippen molar-refractivity contribution in [1.82, 2.24) is 4.98 Å². The summed E-state index contributed by atoms with van der Waals surface area (Å²) in [7, 11) is 0. The van der Waals surface area contributed by atoms with Crippen LogP contribution in [0, 0.1) is 0 Å². The van der Waals surface area contributed by atoms with Crippen LogP contribution in [0.2, 0.25) is 0 Å². The zero-order valence-electron chi connectivity index (χ0n) is 11.6. The van der Waals surface area contributed by atoms with E-state index in [4.69, 9.17) is 19.3 Å². The molecule has 0 saturated heterocycles. The van der Waals surface area contributed by atoms with Crippen molar-refractivity contribution < 1.29 is 24.1 Å². The summed E-state index contributed by atoms with van der Waals surface area (Å²) >= 11 is 0. The number of ether oxygens (including phenoxy) is 3. The van der Waals surface area contributed by atoms with E-state index in [-0.39, 0.29) is 24.2 Å². The second-order valence-corrected chi connectivity index (χ2v) is 4.54. The summed E-state index contributed by atoms with van der Waals surface area (Å²) in [6, 6.07) is 12.6. The standard InChI is InChI=1S/C16H13NO5/c18-15(19)12-7-4-8-17-14(12)22-16-13(20-10-21-16)9-11-5-2-1-3-6-11/h1-8H,9-10H2,(H,18,19). The van der Waals surface area contributed by atoms with Crippen molar-refractivity contribution in [2.24, 2.45) is 0 Å². The molecule has 6 nitrogen and oxygen atoms in total. The number of carboxylic acids is 1. The lowest BCUT2D eigenvalue weighted by atomic mass is 10.1. The number of carboxylic acid groups (broad SMARTS) is 1. The monoisotopic (exact) mass is 299 g/mol. The van der Waals surface area contributed by atoms with E-state index in [2.05, 4.69) is 4.98 Å². The van der Waals surface area contributed by atoms with Crippen molar-refractivity contribution in [3.05, 3.63) is 71.5 Å². The molecule has 0 bridgehead atoms. The molecule has 0 spiro atoms. The van der Waals surface area contributed by atoms with Gasteiger partial charge in [-0.25, -0.2) is 9.78 Å². The lowest BCUT2D eigenvalue weighted by molar-refractivity contribution is 0.0380. The summed E-state index contributed by atoms with van der Waals surface area (Å²) in [4.78, 5) is 15.1. The molecule has 1 aliphatic heterocycles. The van der Waals surface area contributed by atoms with Crippen molar-refractivity contribution in [3.63, 3.8) is 0 Å². The van der Waals surface area contributed by atoms with Crippen LogP contribution in [0.15, 0.2) is 60.4 Å². The highest BCUT2D eigenvalue weighted by molar-refractivity contribution is 5.90. The highest BCUT2D eigenvalue weighted by Gasteiger charge is 2.23. The van der Waals surface area contributed by atoms with E-state index >= 15 is 0 Å². The summed E-state index contributed by atoms with van der Waals surface area (Å²) in [5, 5.41) is 9.13. The maximum Gasteiger partial charge on any atom is 0.341 e. The van der Waals surface area contributed by atoms with Gasteiger partial charge in [0.2, 0.25) is 12.7 Å². The molecule has 0 aliphatic carbocycles. The number of aromatic carboxylic acids is 1. The molecule has 0 amide bonds. The van der Waals surface area contributed by atoms with Gasteiger partial charge < -0.3 is 19.3 Å². The van der Waals surface area contributed by atoms with Gasteiger partial charge in [-0.2, -0.15) is 0 Å². The average molecular weight is 299 g/mol. The van der Waals surface area contributed by atoms with Gasteiger partial charge in [-0.05, 0) is 17.7 Å². The zero-order valence-corrected chi connectivity index (χ0v) is 11.6. The molecule has 1 aliphatic rings. The smallest absolute Gasteiger partial charge is 0.341 e. The first-order valence-electron chi connectivity index (χ1n) is 6.63. The maximum absolute atomic E-state index is 11.2. The van der Waals surface area contributed by atoms with Crippen LogP contribution in [-0.4, -0.2) is 22.9 Å². The van der Waals surface area contributed by atoms with Gasteiger partial charge in [-0.15, -0.1) is 0 Å². The molecule has 0 radical (unpaired) electrons. The summed E-state index contributed by atoms with van der Waals surface area (Å²) in [6.07, 6.45) is 1.94. The Balaban J connectivity index is 1.84. The number of rotatable bonds is 5. The third-order valence-electron chi connectivity index (χ3n) is 3.05. The first-order valence-corrected chi connectivity index (χ1v) is 6.63. The Labute approximate surface area is 126 Å². The van der Waals surface area contributed by atoms with Crippen LogP contribution >= 0.6 is 0 Å². The summed E-state index contributed by atoms with van der Waals surface area (Å²) in [5.41, 5.74) is 0.994. The van der Waals surface area contributed by atoms with Crippen LogP contribution in [-0.2, 0) is 15.9 Å². The van der Waals surface area contributed by atoms with E-state index in [1.54, 1.807) is 0 Å². The maximum atomic E-state index is 11.2. The fraction of sp³-hybridized carbons (Fsp3) is 0.125. The van der Waals surface area contributed by atoms with E-state index in [1.807, 2.05) is 30.3 Å². The Morgan fingerprint density at radius 3 is 2.77 bits per heavy atom. The fourth-order valence-corrected chi connectivity index (χ4v) is 2.01. The molecule has 2 aromatic rings. The first kappa shape index (κ1) is 13.9. The van der Waals surface area contributed by atoms with E-state index < -0.39 is 5.97 Å². The normalized spacial score (nSPS) is 13.5. The Kier molecular flexibility index (Phi) is 3.91. The second-order valence-electron chi connectivity index (χ2n) is 4.54. The fourth-order valence-electron chi connectivity index (χ4n) is 2.01. The molecule has 0 fully saturated rings. The third kappa shape index (κ3) is 3.01. The number of nitrogens with zero attached hydrogens (tertiary/aromatic N) is 1. The minimum atomic E-state index is -1.12. The predicted octanol–water partition coefficient (Wildman–Crippen LogP) is 2.57. The molecule has 1 N–H and O–H groups in total. The second kappa shape index (κ2) is 6.17. The molecular weight excluding hydrogens is 286 g/mol. The predicted molar refractivity (Wildman–Crippen MR) is 76.0 cm³/mol. The molecule has 0 unspecified atom stereocenters. The largest absolute Gasteiger partial charge is 0.477 e. The van der Waals surface area contributed by atoms with E-state index in [1.165, 1.54) is 18.3 Å². The summed E-state index contributed by atoms with van der Waals surface area (Å²) < 4.78 is 16.2. The highest BCUT2D eigenvalue weighted by Crippen LogP contribution is 2.25. The highest BCUT2D eigenvalue weighted by atomic mass is 16.8. The molecule has 22 heavy (non-hydrogen) atoms. The van der Waals surface area contributed by atoms with Gasteiger partial charge in [-0.3, -0.25) is 0 Å². The average Bonchev–Trinajstić information content (AvgIpc) is 2.96. The molecule has 6 heteroatoms. The first-order chi connectivity index (χ1) is 10.7. The molecule has 112 valence electrons. The third-order valence-corrected chi connectivity index (χ3v) is 3.05. The number of allylic oxidation sites excluding steroid dienone is 1. The van der Waals surface area contributed by atoms with Crippen LogP contribution in [0.1, 0.15) is 15.9 Å². The Morgan fingerprint density at radius 2 is 2.00 bits per heavy atom. The van der Waals surface area contributed by atoms with Crippen LogP contribution in [0.4, 0.5) is 0 Å². The van der Waals surface area contributed by atoms with Gasteiger partial charge in [0, 0.05) is 12.6 Å². The minimum Gasteiger partial charge on any atom is -0.477 e. The molecular formula is C16H13NO5. The lowest BCUT2D eigenvalue weighted by Gasteiger charge is -2.07. The number of pyridine rings is 1. The molecule has 1 aromatic carbocycles. The summed E-state index contributed by atoms with van der Waals surface area (Å²) in [6.45, 7) is 0.0345. The molecule has 0 atom stereocenters. The SMILES string of the molecule is O=C(O)c1cccnc1OC1=C(Cc2ccccc2)OCO1. The molecule has 0 saturated carbocycles. The van der Waals surface area contributed by atoms with Gasteiger partial charge in [0.1, 0.15) is 5.56 Å². The number of hydrogen-bond donors (Lipinski definition) is 1. The van der Waals surface area contributed by atoms with Crippen molar-refractivity contribution in [1.29, 1.82) is 0 Å². The van der Waals surface area contributed by atoms with Crippen molar-refractivity contribution >= 4 is 5.97 Å². The molecule has 2 heterocycles. The number of carbonyl (C=O) groups is 1. The van der Waals surface area contributed by atoms with Gasteiger partial charge >= 0.3 is 11.9 Å². The number of hydrogen-bond acceptors (Lipinski definition) is 5. The van der Waals surface area contributed by atoms with Crippen molar-refractivity contribution in [3.8, 4) is 5.88 Å². The molecule has 1 aromatic heterocycles. The lowest BCUT2D eigenvalue weighted by Crippen LogP contribution is -2.06. The Bertz CT molecular complexity index is 711. The van der Waals surface area contributed by atoms with Crippen LogP contribution < -0.4 is 4.74 Å². The Hall–Kier alpha value is -3.02. The Morgan fingerprint density at radius 1 is 1.18 bits per heavy atom. The quantitative estimate of drug-likeness (QED) is 0.914. The zero-order chi connectivity index (χ0) is 15.4. The van der Waals surface area contributed by atoms with E-state index in [9.17, 15) is 4.79 Å². The van der Waals surface area contributed by atoms with Crippen LogP contribution in [0.3, 0.4) is 0 Å². The van der Waals surface area contributed by atoms with Gasteiger partial charge in [0.05, 0.1) is 0 Å². The molecule has 3 rings (SSSR count). The van der Waals surface area contributed by atoms with Crippen LogP contribution in [0.5, 0.6) is 5.88 Å². The number of benzene rings is 1. The topological polar surface area (TPSA) is 77.9 Å². The van der Waals surface area contributed by atoms with Gasteiger partial charge in [0.25, 0.3) is 0 Å². The van der Waals surface area contributed by atoms with Crippen molar-refractivity contribution in [2.75, 3.05) is 6.79 Å². The number of aromatic nitrogens is 1. The summed E-state index contributed by atoms with van der Waals surface area (Å²) in [5.74, 6) is -0.494. The van der Waals surface area contributed by atoms with Gasteiger partial charge in [0.15, 0.2) is 5.76 Å². The van der Waals surface area contributed by atoms with E-state index in [0.29, 0.717) is 12.2 Å². The van der Waals surface area contributed by atoms with E-state index in [0.717, 1.165) is 5.56 Å². The van der Waals surface area contributed by atoms with Crippen LogP contribution in [0.25, 0.3) is 0 Å². The van der Waals surface area contributed by atoms with Crippen molar-refractivity contribution in [2.45, 2.75) is 6.42 Å². The minimum absolute atomic E-state index is 0.0268.